The molecular formula is C17H21FO3. The molecule has 2 aromatic rings. The predicted octanol–water partition coefficient (Wildman–Crippen LogP) is 4.20. The van der Waals surface area contributed by atoms with E-state index in [4.69, 9.17) is 9.15 Å². The first-order valence-corrected chi connectivity index (χ1v) is 7.47. The molecule has 0 radical (unpaired) electrons. The summed E-state index contributed by atoms with van der Waals surface area (Å²) in [5, 5.41) is 11.4. The molecule has 1 fully saturated rings. The van der Waals surface area contributed by atoms with Crippen molar-refractivity contribution in [2.45, 2.75) is 44.3 Å². The molecule has 0 aliphatic heterocycles. The van der Waals surface area contributed by atoms with E-state index in [9.17, 15) is 9.50 Å². The zero-order valence-electron chi connectivity index (χ0n) is 12.4. The predicted molar refractivity (Wildman–Crippen MR) is 78.5 cm³/mol. The third-order valence-corrected chi connectivity index (χ3v) is 4.68. The van der Waals surface area contributed by atoms with Gasteiger partial charge in [-0.25, -0.2) is 4.39 Å². The van der Waals surface area contributed by atoms with Crippen molar-refractivity contribution in [1.29, 1.82) is 0 Å². The Hall–Kier alpha value is -1.39. The second-order valence-corrected chi connectivity index (χ2v) is 6.18. The first kappa shape index (κ1) is 14.5. The molecule has 1 N–H and O–H groups in total. The van der Waals surface area contributed by atoms with Crippen molar-refractivity contribution >= 4 is 11.0 Å². The smallest absolute Gasteiger partial charge is 0.170 e. The lowest BCUT2D eigenvalue weighted by Gasteiger charge is -2.41. The summed E-state index contributed by atoms with van der Waals surface area (Å²) in [6.45, 7) is 2.16. The minimum atomic E-state index is -0.878. The quantitative estimate of drug-likeness (QED) is 0.922. The zero-order valence-corrected chi connectivity index (χ0v) is 12.4. The number of ether oxygens (including phenoxy) is 1. The van der Waals surface area contributed by atoms with Gasteiger partial charge < -0.3 is 14.3 Å². The van der Waals surface area contributed by atoms with Crippen LogP contribution in [-0.4, -0.2) is 17.8 Å². The number of furan rings is 1. The molecule has 0 spiro atoms. The Morgan fingerprint density at radius 1 is 1.48 bits per heavy atom. The number of fused-ring (bicyclic) bond motifs is 1. The van der Waals surface area contributed by atoms with E-state index in [0.717, 1.165) is 25.7 Å². The van der Waals surface area contributed by atoms with Gasteiger partial charge in [-0.3, -0.25) is 0 Å². The van der Waals surface area contributed by atoms with Gasteiger partial charge in [0.15, 0.2) is 11.4 Å². The Morgan fingerprint density at radius 3 is 2.95 bits per heavy atom. The van der Waals surface area contributed by atoms with Crippen LogP contribution in [-0.2, 0) is 4.74 Å². The van der Waals surface area contributed by atoms with E-state index < -0.39 is 17.5 Å². The lowest BCUT2D eigenvalue weighted by atomic mass is 9.75. The van der Waals surface area contributed by atoms with Gasteiger partial charge in [0.2, 0.25) is 0 Å². The highest BCUT2D eigenvalue weighted by Gasteiger charge is 2.43. The standard InChI is InChI=1S/C17H21FO3/c1-11-5-4-8-17(10-11,20-2)16(19)14-9-12-6-3-7-13(18)15(12)21-14/h3,6-7,9,11,16,19H,4-5,8,10H2,1-2H3. The van der Waals surface area contributed by atoms with Crippen molar-refractivity contribution in [3.8, 4) is 0 Å². The molecule has 1 aliphatic rings. The molecule has 3 atom stereocenters. The molecule has 3 rings (SSSR count). The van der Waals surface area contributed by atoms with Crippen LogP contribution in [0.1, 0.15) is 44.5 Å². The summed E-state index contributed by atoms with van der Waals surface area (Å²) >= 11 is 0. The van der Waals surface area contributed by atoms with E-state index in [2.05, 4.69) is 6.92 Å². The van der Waals surface area contributed by atoms with Crippen LogP contribution in [0.25, 0.3) is 11.0 Å². The third-order valence-electron chi connectivity index (χ3n) is 4.68. The van der Waals surface area contributed by atoms with Crippen LogP contribution in [0.5, 0.6) is 0 Å². The van der Waals surface area contributed by atoms with Gasteiger partial charge in [-0.1, -0.05) is 31.9 Å². The second-order valence-electron chi connectivity index (χ2n) is 6.18. The van der Waals surface area contributed by atoms with Gasteiger partial charge in [0, 0.05) is 12.5 Å². The third kappa shape index (κ3) is 2.47. The number of benzene rings is 1. The van der Waals surface area contributed by atoms with Crippen LogP contribution in [0.4, 0.5) is 4.39 Å². The van der Waals surface area contributed by atoms with Gasteiger partial charge in [0.25, 0.3) is 0 Å². The summed E-state index contributed by atoms with van der Waals surface area (Å²) in [4.78, 5) is 0. The molecule has 1 aliphatic carbocycles. The Bertz CT molecular complexity index is 636. The number of halogens is 1. The Kier molecular flexibility index (Phi) is 3.76. The molecule has 4 heteroatoms. The Morgan fingerprint density at radius 2 is 2.29 bits per heavy atom. The highest BCUT2D eigenvalue weighted by Crippen LogP contribution is 2.44. The zero-order chi connectivity index (χ0) is 15.0. The molecular weight excluding hydrogens is 271 g/mol. The van der Waals surface area contributed by atoms with Crippen LogP contribution in [0.15, 0.2) is 28.7 Å². The van der Waals surface area contributed by atoms with Crippen molar-refractivity contribution in [3.63, 3.8) is 0 Å². The van der Waals surface area contributed by atoms with Crippen LogP contribution in [0.3, 0.4) is 0 Å². The van der Waals surface area contributed by atoms with Crippen molar-refractivity contribution < 1.29 is 18.7 Å². The number of methoxy groups -OCH3 is 1. The van der Waals surface area contributed by atoms with Gasteiger partial charge in [0.05, 0.1) is 0 Å². The van der Waals surface area contributed by atoms with E-state index in [-0.39, 0.29) is 5.58 Å². The van der Waals surface area contributed by atoms with Crippen LogP contribution < -0.4 is 0 Å². The highest BCUT2D eigenvalue weighted by atomic mass is 19.1. The lowest BCUT2D eigenvalue weighted by molar-refractivity contribution is -0.139. The number of hydrogen-bond acceptors (Lipinski definition) is 3. The van der Waals surface area contributed by atoms with Gasteiger partial charge in [-0.05, 0) is 30.9 Å². The molecule has 1 saturated carbocycles. The van der Waals surface area contributed by atoms with Gasteiger partial charge >= 0.3 is 0 Å². The Labute approximate surface area is 123 Å². The van der Waals surface area contributed by atoms with Crippen molar-refractivity contribution in [3.05, 3.63) is 35.8 Å². The summed E-state index contributed by atoms with van der Waals surface area (Å²) in [5.41, 5.74) is -0.441. The van der Waals surface area contributed by atoms with Crippen molar-refractivity contribution in [2.75, 3.05) is 7.11 Å². The summed E-state index contributed by atoms with van der Waals surface area (Å²) in [6, 6.07) is 6.49. The van der Waals surface area contributed by atoms with Crippen LogP contribution in [0, 0.1) is 11.7 Å². The van der Waals surface area contributed by atoms with E-state index >= 15 is 0 Å². The fraction of sp³-hybridized carbons (Fsp3) is 0.529. The van der Waals surface area contributed by atoms with E-state index in [0.29, 0.717) is 17.1 Å². The highest BCUT2D eigenvalue weighted by molar-refractivity contribution is 5.78. The molecule has 3 unspecified atom stereocenters. The SMILES string of the molecule is COC1(C(O)c2cc3cccc(F)c3o2)CCCC(C)C1. The molecule has 114 valence electrons. The van der Waals surface area contributed by atoms with E-state index in [1.165, 1.54) is 6.07 Å². The monoisotopic (exact) mass is 292 g/mol. The maximum atomic E-state index is 13.7. The van der Waals surface area contributed by atoms with Gasteiger partial charge in [-0.15, -0.1) is 0 Å². The lowest BCUT2D eigenvalue weighted by Crippen LogP contribution is -2.42. The van der Waals surface area contributed by atoms with Crippen molar-refractivity contribution in [2.24, 2.45) is 5.92 Å². The van der Waals surface area contributed by atoms with E-state index in [1.807, 2.05) is 0 Å². The van der Waals surface area contributed by atoms with Gasteiger partial charge in [0.1, 0.15) is 17.5 Å². The Balaban J connectivity index is 1.98. The minimum Gasteiger partial charge on any atom is -0.455 e. The molecule has 1 heterocycles. The molecule has 0 saturated heterocycles. The van der Waals surface area contributed by atoms with E-state index in [1.54, 1.807) is 25.3 Å². The summed E-state index contributed by atoms with van der Waals surface area (Å²) in [7, 11) is 1.63. The number of aliphatic hydroxyl groups excluding tert-OH is 1. The normalized spacial score (nSPS) is 27.9. The molecule has 1 aromatic carbocycles. The van der Waals surface area contributed by atoms with Crippen LogP contribution in [0.2, 0.25) is 0 Å². The first-order valence-electron chi connectivity index (χ1n) is 7.47. The minimum absolute atomic E-state index is 0.196. The number of rotatable bonds is 3. The summed E-state index contributed by atoms with van der Waals surface area (Å²) < 4.78 is 25.0. The topological polar surface area (TPSA) is 42.6 Å². The number of aliphatic hydroxyl groups is 1. The summed E-state index contributed by atoms with van der Waals surface area (Å²) in [6.07, 6.45) is 2.85. The molecule has 3 nitrogen and oxygen atoms in total. The molecule has 0 amide bonds. The molecule has 0 bridgehead atoms. The fourth-order valence-corrected chi connectivity index (χ4v) is 3.53. The largest absolute Gasteiger partial charge is 0.455 e. The second kappa shape index (κ2) is 5.43. The maximum absolute atomic E-state index is 13.7. The average molecular weight is 292 g/mol. The van der Waals surface area contributed by atoms with Crippen molar-refractivity contribution in [1.82, 2.24) is 0 Å². The number of hydrogen-bond donors (Lipinski definition) is 1. The molecule has 1 aromatic heterocycles. The summed E-state index contributed by atoms with van der Waals surface area (Å²) in [5.74, 6) is 0.468. The van der Waals surface area contributed by atoms with Crippen LogP contribution >= 0.6 is 0 Å². The van der Waals surface area contributed by atoms with Gasteiger partial charge in [-0.2, -0.15) is 0 Å². The fourth-order valence-electron chi connectivity index (χ4n) is 3.53. The molecule has 21 heavy (non-hydrogen) atoms. The number of para-hydroxylation sites is 1. The maximum Gasteiger partial charge on any atom is 0.170 e. The average Bonchev–Trinajstić information content (AvgIpc) is 2.92. The first-order chi connectivity index (χ1) is 10.1.